The summed E-state index contributed by atoms with van der Waals surface area (Å²) in [6.45, 7) is 2.88. The van der Waals surface area contributed by atoms with E-state index in [0.29, 0.717) is 18.4 Å². The van der Waals surface area contributed by atoms with E-state index in [2.05, 4.69) is 47.8 Å². The van der Waals surface area contributed by atoms with Crippen LogP contribution in [0.3, 0.4) is 0 Å². The molecule has 0 heterocycles. The Bertz CT molecular complexity index is 639. The van der Waals surface area contributed by atoms with Gasteiger partial charge in [0.1, 0.15) is 0 Å². The number of carbonyl (C=O) groups excluding carboxylic acids is 1. The Morgan fingerprint density at radius 3 is 2.25 bits per heavy atom. The number of hydrogen-bond donors (Lipinski definition) is 1. The fraction of sp³-hybridized carbons (Fsp3) is 0.409. The highest BCUT2D eigenvalue weighted by Crippen LogP contribution is 2.33. The summed E-state index contributed by atoms with van der Waals surface area (Å²) in [5.41, 5.74) is 3.60. The fourth-order valence-electron chi connectivity index (χ4n) is 3.63. The average molecular weight is 321 g/mol. The topological polar surface area (TPSA) is 29.1 Å². The maximum absolute atomic E-state index is 11.7. The molecule has 1 N–H and O–H groups in total. The van der Waals surface area contributed by atoms with E-state index < -0.39 is 0 Å². The van der Waals surface area contributed by atoms with Gasteiger partial charge in [-0.1, -0.05) is 61.5 Å². The van der Waals surface area contributed by atoms with Crippen molar-refractivity contribution in [2.24, 2.45) is 0 Å². The van der Waals surface area contributed by atoms with Gasteiger partial charge < -0.3 is 5.32 Å². The Balaban J connectivity index is 1.49. The Kier molecular flexibility index (Phi) is 5.81. The largest absolute Gasteiger partial charge is 0.310 e. The summed E-state index contributed by atoms with van der Waals surface area (Å²) in [5, 5.41) is 3.70. The summed E-state index contributed by atoms with van der Waals surface area (Å²) in [5.74, 6) is 0.876. The predicted molar refractivity (Wildman–Crippen MR) is 99.3 cm³/mol. The van der Waals surface area contributed by atoms with E-state index >= 15 is 0 Å². The zero-order valence-electron chi connectivity index (χ0n) is 14.5. The standard InChI is InChI=1S/C22H27NO/c1-2-22(24)20-10-8-18(9-11-20)19-12-14-21(15-13-19)23-16-17-6-4-3-5-7-17/h3-11,19,21,23H,2,12-16H2,1H3/t19-,21-. The number of rotatable bonds is 6. The van der Waals surface area contributed by atoms with Gasteiger partial charge in [-0.25, -0.2) is 0 Å². The van der Waals surface area contributed by atoms with Gasteiger partial charge in [0.25, 0.3) is 0 Å². The van der Waals surface area contributed by atoms with Crippen LogP contribution in [0.1, 0.15) is 66.4 Å². The molecule has 0 atom stereocenters. The van der Waals surface area contributed by atoms with Crippen LogP contribution in [0.25, 0.3) is 0 Å². The summed E-state index contributed by atoms with van der Waals surface area (Å²) in [4.78, 5) is 11.7. The molecular weight excluding hydrogens is 294 g/mol. The Labute approximate surface area is 145 Å². The smallest absolute Gasteiger partial charge is 0.162 e. The van der Waals surface area contributed by atoms with E-state index in [1.165, 1.54) is 36.8 Å². The maximum Gasteiger partial charge on any atom is 0.162 e. The van der Waals surface area contributed by atoms with Crippen molar-refractivity contribution in [1.82, 2.24) is 5.32 Å². The third-order valence-electron chi connectivity index (χ3n) is 5.19. The number of hydrogen-bond acceptors (Lipinski definition) is 2. The van der Waals surface area contributed by atoms with Gasteiger partial charge in [-0.15, -0.1) is 0 Å². The van der Waals surface area contributed by atoms with Gasteiger partial charge in [0.05, 0.1) is 0 Å². The molecule has 1 fully saturated rings. The number of benzene rings is 2. The van der Waals surface area contributed by atoms with Crippen LogP contribution in [0.15, 0.2) is 54.6 Å². The lowest BCUT2D eigenvalue weighted by molar-refractivity contribution is 0.0988. The average Bonchev–Trinajstić information content (AvgIpc) is 2.67. The summed E-state index contributed by atoms with van der Waals surface area (Å²) < 4.78 is 0. The van der Waals surface area contributed by atoms with Crippen molar-refractivity contribution in [2.75, 3.05) is 0 Å². The quantitative estimate of drug-likeness (QED) is 0.750. The predicted octanol–water partition coefficient (Wildman–Crippen LogP) is 5.10. The van der Waals surface area contributed by atoms with Gasteiger partial charge in [-0.2, -0.15) is 0 Å². The van der Waals surface area contributed by atoms with Crippen LogP contribution in [0, 0.1) is 0 Å². The Hall–Kier alpha value is -1.93. The Morgan fingerprint density at radius 2 is 1.62 bits per heavy atom. The lowest BCUT2D eigenvalue weighted by Crippen LogP contribution is -2.32. The highest BCUT2D eigenvalue weighted by atomic mass is 16.1. The first-order valence-corrected chi connectivity index (χ1v) is 9.16. The van der Waals surface area contributed by atoms with Gasteiger partial charge in [-0.3, -0.25) is 4.79 Å². The van der Waals surface area contributed by atoms with Crippen LogP contribution >= 0.6 is 0 Å². The van der Waals surface area contributed by atoms with E-state index in [9.17, 15) is 4.79 Å². The molecule has 0 radical (unpaired) electrons. The second-order valence-corrected chi connectivity index (χ2v) is 6.81. The van der Waals surface area contributed by atoms with Crippen LogP contribution < -0.4 is 5.32 Å². The second-order valence-electron chi connectivity index (χ2n) is 6.81. The Morgan fingerprint density at radius 1 is 0.958 bits per heavy atom. The molecule has 1 saturated carbocycles. The van der Waals surface area contributed by atoms with Gasteiger partial charge >= 0.3 is 0 Å². The molecule has 2 nitrogen and oxygen atoms in total. The first kappa shape index (κ1) is 16.9. The molecule has 2 aromatic rings. The molecule has 0 aliphatic heterocycles. The van der Waals surface area contributed by atoms with Gasteiger partial charge in [-0.05, 0) is 42.7 Å². The lowest BCUT2D eigenvalue weighted by atomic mass is 9.81. The van der Waals surface area contributed by atoms with Gasteiger partial charge in [0.15, 0.2) is 5.78 Å². The zero-order chi connectivity index (χ0) is 16.8. The molecule has 0 spiro atoms. The summed E-state index contributed by atoms with van der Waals surface area (Å²) >= 11 is 0. The first-order valence-electron chi connectivity index (χ1n) is 9.16. The minimum atomic E-state index is 0.232. The molecule has 2 aromatic carbocycles. The zero-order valence-corrected chi connectivity index (χ0v) is 14.5. The number of carbonyl (C=O) groups is 1. The lowest BCUT2D eigenvalue weighted by Gasteiger charge is -2.29. The molecular formula is C22H27NO. The van der Waals surface area contributed by atoms with Gasteiger partial charge in [0.2, 0.25) is 0 Å². The molecule has 0 bridgehead atoms. The minimum Gasteiger partial charge on any atom is -0.310 e. The molecule has 0 unspecified atom stereocenters. The van der Waals surface area contributed by atoms with E-state index in [-0.39, 0.29) is 5.78 Å². The third-order valence-corrected chi connectivity index (χ3v) is 5.19. The maximum atomic E-state index is 11.7. The first-order chi connectivity index (χ1) is 11.8. The highest BCUT2D eigenvalue weighted by molar-refractivity contribution is 5.95. The van der Waals surface area contributed by atoms with Crippen molar-refractivity contribution in [2.45, 2.75) is 57.5 Å². The number of Topliss-reactive ketones (excluding diaryl/α,β-unsaturated/α-hetero) is 1. The number of ketones is 1. The van der Waals surface area contributed by atoms with E-state index in [1.807, 2.05) is 19.1 Å². The summed E-state index contributed by atoms with van der Waals surface area (Å²) in [7, 11) is 0. The normalized spacial score (nSPS) is 20.7. The van der Waals surface area contributed by atoms with Gasteiger partial charge in [0, 0.05) is 24.6 Å². The van der Waals surface area contributed by atoms with E-state index in [1.54, 1.807) is 0 Å². The van der Waals surface area contributed by atoms with Crippen LogP contribution in [0.5, 0.6) is 0 Å². The van der Waals surface area contributed by atoms with E-state index in [0.717, 1.165) is 12.1 Å². The number of nitrogens with one attached hydrogen (secondary N) is 1. The minimum absolute atomic E-state index is 0.232. The molecule has 126 valence electrons. The second kappa shape index (κ2) is 8.25. The molecule has 0 amide bonds. The highest BCUT2D eigenvalue weighted by Gasteiger charge is 2.22. The molecule has 0 aromatic heterocycles. The van der Waals surface area contributed by atoms with Crippen LogP contribution in [0.4, 0.5) is 0 Å². The van der Waals surface area contributed by atoms with Crippen LogP contribution in [-0.2, 0) is 6.54 Å². The summed E-state index contributed by atoms with van der Waals surface area (Å²) in [6, 6.07) is 19.6. The molecule has 0 saturated heterocycles. The van der Waals surface area contributed by atoms with Crippen molar-refractivity contribution in [3.63, 3.8) is 0 Å². The third kappa shape index (κ3) is 4.33. The van der Waals surface area contributed by atoms with Crippen molar-refractivity contribution in [3.05, 3.63) is 71.3 Å². The molecule has 1 aliphatic rings. The van der Waals surface area contributed by atoms with Crippen molar-refractivity contribution < 1.29 is 4.79 Å². The van der Waals surface area contributed by atoms with Crippen molar-refractivity contribution >= 4 is 5.78 Å². The molecule has 24 heavy (non-hydrogen) atoms. The molecule has 3 rings (SSSR count). The summed E-state index contributed by atoms with van der Waals surface area (Å²) in [6.07, 6.45) is 5.50. The van der Waals surface area contributed by atoms with Crippen molar-refractivity contribution in [1.29, 1.82) is 0 Å². The van der Waals surface area contributed by atoms with Crippen LogP contribution in [0.2, 0.25) is 0 Å². The molecule has 1 aliphatic carbocycles. The fourth-order valence-corrected chi connectivity index (χ4v) is 3.63. The molecule has 2 heteroatoms. The van der Waals surface area contributed by atoms with Crippen molar-refractivity contribution in [3.8, 4) is 0 Å². The monoisotopic (exact) mass is 321 g/mol. The van der Waals surface area contributed by atoms with E-state index in [4.69, 9.17) is 0 Å². The van der Waals surface area contributed by atoms with Crippen LogP contribution in [-0.4, -0.2) is 11.8 Å². The SMILES string of the molecule is CCC(=O)c1ccc([C@H]2CC[C@H](NCc3ccccc3)CC2)cc1.